The number of nitrogens with one attached hydrogen (secondary N) is 2. The highest BCUT2D eigenvalue weighted by Gasteiger charge is 2.16. The quantitative estimate of drug-likeness (QED) is 0.884. The summed E-state index contributed by atoms with van der Waals surface area (Å²) >= 11 is 0. The summed E-state index contributed by atoms with van der Waals surface area (Å²) in [6.07, 6.45) is 3.44. The Labute approximate surface area is 137 Å². The highest BCUT2D eigenvalue weighted by molar-refractivity contribution is 5.85. The van der Waals surface area contributed by atoms with Gasteiger partial charge in [0.25, 0.3) is 0 Å². The molecule has 0 saturated carbocycles. The number of carbonyl (C=O) groups excluding carboxylic acids is 1. The predicted octanol–water partition coefficient (Wildman–Crippen LogP) is 1.68. The van der Waals surface area contributed by atoms with Crippen molar-refractivity contribution in [1.29, 1.82) is 0 Å². The van der Waals surface area contributed by atoms with Crippen molar-refractivity contribution in [1.82, 2.24) is 10.6 Å². The molecule has 0 radical (unpaired) electrons. The second-order valence-corrected chi connectivity index (χ2v) is 5.59. The summed E-state index contributed by atoms with van der Waals surface area (Å²) < 4.78 is 11.1. The molecule has 1 amide bonds. The Kier molecular flexibility index (Phi) is 6.34. The molecule has 1 aromatic carbocycles. The van der Waals surface area contributed by atoms with Crippen LogP contribution in [0.2, 0.25) is 0 Å². The summed E-state index contributed by atoms with van der Waals surface area (Å²) in [7, 11) is 0. The van der Waals surface area contributed by atoms with E-state index in [-0.39, 0.29) is 24.4 Å². The Bertz CT molecular complexity index is 504. The second-order valence-electron chi connectivity index (χ2n) is 5.59. The molecule has 1 fully saturated rings. The second kappa shape index (κ2) is 8.25. The number of piperidine rings is 1. The van der Waals surface area contributed by atoms with Gasteiger partial charge in [-0.2, -0.15) is 0 Å². The Morgan fingerprint density at radius 1 is 1.27 bits per heavy atom. The van der Waals surface area contributed by atoms with Gasteiger partial charge in [-0.1, -0.05) is 6.07 Å². The first-order valence-corrected chi connectivity index (χ1v) is 7.70. The number of fused-ring (bicyclic) bond motifs is 1. The molecular weight excluding hydrogens is 304 g/mol. The van der Waals surface area contributed by atoms with Crippen LogP contribution in [0.15, 0.2) is 18.2 Å². The van der Waals surface area contributed by atoms with E-state index in [4.69, 9.17) is 9.47 Å². The summed E-state index contributed by atoms with van der Waals surface area (Å²) in [5.74, 6) is 1.71. The van der Waals surface area contributed by atoms with Crippen molar-refractivity contribution in [3.63, 3.8) is 0 Å². The van der Waals surface area contributed by atoms with Gasteiger partial charge >= 0.3 is 0 Å². The van der Waals surface area contributed by atoms with E-state index in [9.17, 15) is 4.79 Å². The van der Waals surface area contributed by atoms with Gasteiger partial charge in [0.15, 0.2) is 11.5 Å². The van der Waals surface area contributed by atoms with E-state index in [1.165, 1.54) is 0 Å². The van der Waals surface area contributed by atoms with Crippen molar-refractivity contribution in [3.05, 3.63) is 23.8 Å². The minimum atomic E-state index is 0. The fourth-order valence-electron chi connectivity index (χ4n) is 2.78. The van der Waals surface area contributed by atoms with Gasteiger partial charge in [0.05, 0.1) is 0 Å². The van der Waals surface area contributed by atoms with Gasteiger partial charge in [-0.05, 0) is 43.5 Å². The maximum absolute atomic E-state index is 12.0. The van der Waals surface area contributed by atoms with Crippen LogP contribution in [-0.2, 0) is 11.2 Å². The molecule has 1 atom stereocenters. The lowest BCUT2D eigenvalue weighted by Gasteiger charge is -2.23. The summed E-state index contributed by atoms with van der Waals surface area (Å²) in [4.78, 5) is 12.0. The predicted molar refractivity (Wildman–Crippen MR) is 87.0 cm³/mol. The molecule has 6 heteroatoms. The molecular formula is C16H23ClN2O3. The smallest absolute Gasteiger partial charge is 0.220 e. The van der Waals surface area contributed by atoms with Crippen molar-refractivity contribution in [2.45, 2.75) is 31.7 Å². The fraction of sp³-hybridized carbons (Fsp3) is 0.562. The van der Waals surface area contributed by atoms with Crippen LogP contribution in [0.5, 0.6) is 11.5 Å². The van der Waals surface area contributed by atoms with E-state index in [1.807, 2.05) is 18.2 Å². The molecule has 0 unspecified atom stereocenters. The van der Waals surface area contributed by atoms with Crippen molar-refractivity contribution in [3.8, 4) is 11.5 Å². The number of ether oxygens (including phenoxy) is 2. The minimum absolute atomic E-state index is 0. The van der Waals surface area contributed by atoms with E-state index in [0.29, 0.717) is 19.6 Å². The standard InChI is InChI=1S/C16H22N2O3.ClH/c19-16(18-13-2-1-7-17-11-13)6-4-12-3-5-14-15(10-12)21-9-8-20-14;/h3,5,10,13,17H,1-2,4,6-9,11H2,(H,18,19);1H/t13-;/m0./s1. The Morgan fingerprint density at radius 2 is 2.09 bits per heavy atom. The third-order valence-electron chi connectivity index (χ3n) is 3.91. The zero-order chi connectivity index (χ0) is 14.5. The number of halogens is 1. The summed E-state index contributed by atoms with van der Waals surface area (Å²) in [5.41, 5.74) is 1.11. The number of hydrogen-bond acceptors (Lipinski definition) is 4. The van der Waals surface area contributed by atoms with Crippen LogP contribution < -0.4 is 20.1 Å². The van der Waals surface area contributed by atoms with Crippen LogP contribution in [0, 0.1) is 0 Å². The maximum Gasteiger partial charge on any atom is 0.220 e. The van der Waals surface area contributed by atoms with Crippen LogP contribution >= 0.6 is 12.4 Å². The van der Waals surface area contributed by atoms with Crippen LogP contribution in [-0.4, -0.2) is 38.3 Å². The molecule has 5 nitrogen and oxygen atoms in total. The van der Waals surface area contributed by atoms with Crippen LogP contribution in [0.3, 0.4) is 0 Å². The molecule has 0 aliphatic carbocycles. The summed E-state index contributed by atoms with van der Waals surface area (Å²) in [6.45, 7) is 3.13. The molecule has 2 aliphatic heterocycles. The molecule has 22 heavy (non-hydrogen) atoms. The number of hydrogen-bond donors (Lipinski definition) is 2. The van der Waals surface area contributed by atoms with Crippen LogP contribution in [0.25, 0.3) is 0 Å². The molecule has 1 saturated heterocycles. The normalized spacial score (nSPS) is 19.9. The van der Waals surface area contributed by atoms with Crippen molar-refractivity contribution >= 4 is 18.3 Å². The van der Waals surface area contributed by atoms with Crippen LogP contribution in [0.4, 0.5) is 0 Å². The largest absolute Gasteiger partial charge is 0.486 e. The average molecular weight is 327 g/mol. The van der Waals surface area contributed by atoms with Gasteiger partial charge in [-0.25, -0.2) is 0 Å². The Morgan fingerprint density at radius 3 is 2.86 bits per heavy atom. The highest BCUT2D eigenvalue weighted by atomic mass is 35.5. The Hall–Kier alpha value is -1.46. The molecule has 3 rings (SSSR count). The number of aryl methyl sites for hydroxylation is 1. The molecule has 0 aromatic heterocycles. The highest BCUT2D eigenvalue weighted by Crippen LogP contribution is 2.31. The molecule has 2 N–H and O–H groups in total. The maximum atomic E-state index is 12.0. The van der Waals surface area contributed by atoms with E-state index in [2.05, 4.69) is 10.6 Å². The van der Waals surface area contributed by atoms with Crippen LogP contribution in [0.1, 0.15) is 24.8 Å². The number of rotatable bonds is 4. The molecule has 0 bridgehead atoms. The topological polar surface area (TPSA) is 59.6 Å². The Balaban J connectivity index is 0.00000176. The lowest BCUT2D eigenvalue weighted by atomic mass is 10.1. The van der Waals surface area contributed by atoms with Gasteiger partial charge in [-0.15, -0.1) is 12.4 Å². The first kappa shape index (κ1) is 16.9. The minimum Gasteiger partial charge on any atom is -0.486 e. The zero-order valence-electron chi connectivity index (χ0n) is 12.6. The third kappa shape index (κ3) is 4.52. The average Bonchev–Trinajstić information content (AvgIpc) is 2.54. The molecule has 122 valence electrons. The fourth-order valence-corrected chi connectivity index (χ4v) is 2.78. The lowest BCUT2D eigenvalue weighted by molar-refractivity contribution is -0.121. The van der Waals surface area contributed by atoms with E-state index in [0.717, 1.165) is 49.4 Å². The number of amides is 1. The molecule has 0 spiro atoms. The zero-order valence-corrected chi connectivity index (χ0v) is 13.4. The van der Waals surface area contributed by atoms with Gasteiger partial charge in [-0.3, -0.25) is 4.79 Å². The van der Waals surface area contributed by atoms with Crippen molar-refractivity contribution in [2.24, 2.45) is 0 Å². The van der Waals surface area contributed by atoms with E-state index >= 15 is 0 Å². The van der Waals surface area contributed by atoms with E-state index in [1.54, 1.807) is 0 Å². The first-order valence-electron chi connectivity index (χ1n) is 7.70. The lowest BCUT2D eigenvalue weighted by Crippen LogP contribution is -2.45. The van der Waals surface area contributed by atoms with Gasteiger partial charge < -0.3 is 20.1 Å². The third-order valence-corrected chi connectivity index (χ3v) is 3.91. The molecule has 2 heterocycles. The number of carbonyl (C=O) groups is 1. The van der Waals surface area contributed by atoms with Crippen molar-refractivity contribution in [2.75, 3.05) is 26.3 Å². The van der Waals surface area contributed by atoms with Gasteiger partial charge in [0.2, 0.25) is 5.91 Å². The molecule has 2 aliphatic rings. The SMILES string of the molecule is Cl.O=C(CCc1ccc2c(c1)OCCO2)N[C@H]1CCCNC1. The van der Waals surface area contributed by atoms with E-state index < -0.39 is 0 Å². The van der Waals surface area contributed by atoms with Gasteiger partial charge in [0.1, 0.15) is 13.2 Å². The molecule has 1 aromatic rings. The van der Waals surface area contributed by atoms with Gasteiger partial charge in [0, 0.05) is 19.0 Å². The first-order chi connectivity index (χ1) is 10.3. The summed E-state index contributed by atoms with van der Waals surface area (Å²) in [6, 6.07) is 6.19. The number of benzene rings is 1. The van der Waals surface area contributed by atoms with Crippen molar-refractivity contribution < 1.29 is 14.3 Å². The monoisotopic (exact) mass is 326 g/mol. The summed E-state index contributed by atoms with van der Waals surface area (Å²) in [5, 5.41) is 6.40.